The summed E-state index contributed by atoms with van der Waals surface area (Å²) in [5.41, 5.74) is 0.857. The van der Waals surface area contributed by atoms with E-state index in [0.717, 1.165) is 16.3 Å². The van der Waals surface area contributed by atoms with E-state index in [1.165, 1.54) is 0 Å². The molecule has 1 N–H and O–H groups in total. The second-order valence-electron chi connectivity index (χ2n) is 6.15. The summed E-state index contributed by atoms with van der Waals surface area (Å²) in [6.45, 7) is 3.18. The fourth-order valence-corrected chi connectivity index (χ4v) is 5.72. The number of ether oxygens (including phenoxy) is 1. The van der Waals surface area contributed by atoms with Gasteiger partial charge in [0, 0.05) is 16.6 Å². The van der Waals surface area contributed by atoms with Gasteiger partial charge in [-0.1, -0.05) is 6.07 Å². The Bertz CT molecular complexity index is 833. The van der Waals surface area contributed by atoms with Gasteiger partial charge >= 0.3 is 0 Å². The highest BCUT2D eigenvalue weighted by Crippen LogP contribution is 2.23. The summed E-state index contributed by atoms with van der Waals surface area (Å²) in [5, 5.41) is 5.80. The van der Waals surface area contributed by atoms with Gasteiger partial charge in [-0.15, -0.1) is 11.3 Å². The number of rotatable bonds is 6. The molecule has 3 rings (SSSR count). The minimum atomic E-state index is -2.98. The Morgan fingerprint density at radius 1 is 1.35 bits per heavy atom. The maximum absolute atomic E-state index is 11.9. The molecule has 1 saturated heterocycles. The van der Waals surface area contributed by atoms with E-state index in [9.17, 15) is 8.42 Å². The topological polar surface area (TPSA) is 58.6 Å². The molecule has 8 heteroatoms. The molecule has 2 aromatic rings. The largest absolute Gasteiger partial charge is 0.494 e. The number of nitrogens with zero attached hydrogens (tertiary/aromatic N) is 1. The molecular weight excluding hydrogens is 388 g/mol. The maximum atomic E-state index is 11.9. The molecule has 0 amide bonds. The first-order valence-corrected chi connectivity index (χ1v) is 11.6. The second kappa shape index (κ2) is 8.37. The molecule has 140 valence electrons. The Morgan fingerprint density at radius 3 is 2.69 bits per heavy atom. The van der Waals surface area contributed by atoms with E-state index in [1.807, 2.05) is 53.6 Å². The van der Waals surface area contributed by atoms with Crippen LogP contribution in [0.4, 0.5) is 5.69 Å². The predicted molar refractivity (Wildman–Crippen MR) is 111 cm³/mol. The van der Waals surface area contributed by atoms with Crippen LogP contribution in [-0.4, -0.2) is 42.6 Å². The van der Waals surface area contributed by atoms with Crippen LogP contribution in [-0.2, 0) is 16.4 Å². The van der Waals surface area contributed by atoms with Crippen molar-refractivity contribution in [1.82, 2.24) is 4.90 Å². The molecule has 1 aromatic heterocycles. The molecule has 0 radical (unpaired) electrons. The highest BCUT2D eigenvalue weighted by atomic mass is 32.2. The first-order valence-electron chi connectivity index (χ1n) is 8.50. The molecule has 0 aliphatic carbocycles. The van der Waals surface area contributed by atoms with Crippen LogP contribution >= 0.6 is 23.6 Å². The van der Waals surface area contributed by atoms with Gasteiger partial charge in [-0.2, -0.15) is 0 Å². The van der Waals surface area contributed by atoms with Crippen molar-refractivity contribution in [3.63, 3.8) is 0 Å². The zero-order chi connectivity index (χ0) is 18.6. The average Bonchev–Trinajstić information content (AvgIpc) is 3.23. The van der Waals surface area contributed by atoms with Crippen molar-refractivity contribution in [2.24, 2.45) is 0 Å². The van der Waals surface area contributed by atoms with Gasteiger partial charge in [0.15, 0.2) is 14.9 Å². The Kier molecular flexibility index (Phi) is 6.16. The maximum Gasteiger partial charge on any atom is 0.174 e. The lowest BCUT2D eigenvalue weighted by Crippen LogP contribution is -2.42. The Labute approximate surface area is 163 Å². The van der Waals surface area contributed by atoms with E-state index in [2.05, 4.69) is 5.32 Å². The molecule has 1 aromatic carbocycles. The monoisotopic (exact) mass is 410 g/mol. The van der Waals surface area contributed by atoms with E-state index in [4.69, 9.17) is 17.0 Å². The Balaban J connectivity index is 1.73. The second-order valence-corrected chi connectivity index (χ2v) is 9.80. The number of hydrogen-bond donors (Lipinski definition) is 1. The van der Waals surface area contributed by atoms with E-state index < -0.39 is 9.84 Å². The highest BCUT2D eigenvalue weighted by molar-refractivity contribution is 7.91. The number of sulfone groups is 1. The van der Waals surface area contributed by atoms with Crippen LogP contribution in [0.2, 0.25) is 0 Å². The summed E-state index contributed by atoms with van der Waals surface area (Å²) in [7, 11) is -2.98. The number of nitrogens with one attached hydrogen (secondary N) is 1. The lowest BCUT2D eigenvalue weighted by atomic mass is 10.2. The first kappa shape index (κ1) is 19.1. The molecule has 0 bridgehead atoms. The van der Waals surface area contributed by atoms with Gasteiger partial charge in [0.1, 0.15) is 5.75 Å². The summed E-state index contributed by atoms with van der Waals surface area (Å²) in [6, 6.07) is 11.5. The van der Waals surface area contributed by atoms with Gasteiger partial charge in [-0.25, -0.2) is 8.42 Å². The number of benzene rings is 1. The van der Waals surface area contributed by atoms with Crippen LogP contribution in [0.15, 0.2) is 41.8 Å². The van der Waals surface area contributed by atoms with Gasteiger partial charge in [-0.05, 0) is 61.3 Å². The highest BCUT2D eigenvalue weighted by Gasteiger charge is 2.33. The number of thiophene rings is 1. The van der Waals surface area contributed by atoms with Crippen molar-refractivity contribution in [3.05, 3.63) is 46.7 Å². The summed E-state index contributed by atoms with van der Waals surface area (Å²) < 4.78 is 29.3. The molecule has 1 aliphatic rings. The van der Waals surface area contributed by atoms with E-state index in [1.54, 1.807) is 11.3 Å². The molecule has 1 fully saturated rings. The van der Waals surface area contributed by atoms with Gasteiger partial charge in [0.05, 0.1) is 24.7 Å². The fraction of sp³-hybridized carbons (Fsp3) is 0.389. The van der Waals surface area contributed by atoms with Crippen LogP contribution in [0.1, 0.15) is 18.2 Å². The van der Waals surface area contributed by atoms with Gasteiger partial charge in [0.25, 0.3) is 0 Å². The molecule has 26 heavy (non-hydrogen) atoms. The molecule has 0 saturated carbocycles. The van der Waals surface area contributed by atoms with Gasteiger partial charge in [-0.3, -0.25) is 0 Å². The smallest absolute Gasteiger partial charge is 0.174 e. The van der Waals surface area contributed by atoms with Crippen molar-refractivity contribution in [2.45, 2.75) is 25.9 Å². The fourth-order valence-electron chi connectivity index (χ4n) is 2.95. The summed E-state index contributed by atoms with van der Waals surface area (Å²) in [5.74, 6) is 1.19. The number of thiocarbonyl (C=S) groups is 1. The third-order valence-corrected chi connectivity index (χ3v) is 7.18. The van der Waals surface area contributed by atoms with E-state index in [0.29, 0.717) is 24.7 Å². The van der Waals surface area contributed by atoms with Crippen molar-refractivity contribution < 1.29 is 13.2 Å². The van der Waals surface area contributed by atoms with Crippen molar-refractivity contribution in [1.29, 1.82) is 0 Å². The van der Waals surface area contributed by atoms with Gasteiger partial charge in [0.2, 0.25) is 0 Å². The van der Waals surface area contributed by atoms with E-state index >= 15 is 0 Å². The predicted octanol–water partition coefficient (Wildman–Crippen LogP) is 3.53. The third-order valence-electron chi connectivity index (χ3n) is 4.23. The zero-order valence-corrected chi connectivity index (χ0v) is 17.0. The molecule has 0 spiro atoms. The molecule has 1 atom stereocenters. The Hall–Kier alpha value is -1.64. The number of anilines is 1. The van der Waals surface area contributed by atoms with Crippen molar-refractivity contribution >= 4 is 44.2 Å². The van der Waals surface area contributed by atoms with Crippen LogP contribution in [0.25, 0.3) is 0 Å². The summed E-state index contributed by atoms with van der Waals surface area (Å²) >= 11 is 7.27. The first-order chi connectivity index (χ1) is 12.5. The number of hydrogen-bond acceptors (Lipinski definition) is 5. The third kappa shape index (κ3) is 4.96. The van der Waals surface area contributed by atoms with Crippen LogP contribution in [0.5, 0.6) is 5.75 Å². The Morgan fingerprint density at radius 2 is 2.12 bits per heavy atom. The summed E-state index contributed by atoms with van der Waals surface area (Å²) in [4.78, 5) is 3.16. The minimum absolute atomic E-state index is 0.0928. The standard InChI is InChI=1S/C18H22N2O3S3/c1-2-23-16-7-5-14(6-8-16)19-18(24)20(12-17-4-3-10-25-17)15-9-11-26(21,22)13-15/h3-8,10,15H,2,9,11-13H2,1H3,(H,19,24)/t15-/m0/s1. The molecule has 5 nitrogen and oxygen atoms in total. The molecular formula is C18H22N2O3S3. The van der Waals surface area contributed by atoms with Crippen LogP contribution in [0, 0.1) is 0 Å². The van der Waals surface area contributed by atoms with Crippen LogP contribution < -0.4 is 10.1 Å². The zero-order valence-electron chi connectivity index (χ0n) is 14.6. The normalized spacial score (nSPS) is 18.4. The van der Waals surface area contributed by atoms with Crippen molar-refractivity contribution in [2.75, 3.05) is 23.4 Å². The lowest BCUT2D eigenvalue weighted by Gasteiger charge is -2.30. The molecule has 2 heterocycles. The molecule has 0 unspecified atom stereocenters. The minimum Gasteiger partial charge on any atom is -0.494 e. The SMILES string of the molecule is CCOc1ccc(NC(=S)N(Cc2cccs2)[C@H]2CCS(=O)(=O)C2)cc1. The van der Waals surface area contributed by atoms with Crippen LogP contribution in [0.3, 0.4) is 0 Å². The quantitative estimate of drug-likeness (QED) is 0.735. The van der Waals surface area contributed by atoms with Crippen molar-refractivity contribution in [3.8, 4) is 5.75 Å². The van der Waals surface area contributed by atoms with Gasteiger partial charge < -0.3 is 15.0 Å². The average molecular weight is 411 g/mol. The lowest BCUT2D eigenvalue weighted by molar-refractivity contribution is 0.335. The molecule has 1 aliphatic heterocycles. The summed E-state index contributed by atoms with van der Waals surface area (Å²) in [6.07, 6.45) is 0.610. The van der Waals surface area contributed by atoms with E-state index in [-0.39, 0.29) is 17.5 Å².